The third-order valence-corrected chi connectivity index (χ3v) is 5.02. The molecule has 1 fully saturated rings. The van der Waals surface area contributed by atoms with Gasteiger partial charge >= 0.3 is 0 Å². The minimum absolute atomic E-state index is 0.534. The number of hydrogen-bond donors (Lipinski definition) is 1. The molecule has 1 aromatic rings. The van der Waals surface area contributed by atoms with Crippen LogP contribution < -0.4 is 5.32 Å². The predicted octanol–water partition coefficient (Wildman–Crippen LogP) is 4.06. The molecule has 2 aliphatic heterocycles. The monoisotopic (exact) mass is 272 g/mol. The second-order valence-electron chi connectivity index (χ2n) is 7.27. The fourth-order valence-corrected chi connectivity index (χ4v) is 3.61. The van der Waals surface area contributed by atoms with Crippen molar-refractivity contribution in [3.05, 3.63) is 29.3 Å². The van der Waals surface area contributed by atoms with E-state index in [1.807, 2.05) is 0 Å². The maximum absolute atomic E-state index is 3.55. The molecule has 0 spiro atoms. The first-order valence-electron chi connectivity index (χ1n) is 8.21. The maximum Gasteiger partial charge on any atom is 0.0375 e. The second kappa shape index (κ2) is 5.77. The average Bonchev–Trinajstić information content (AvgIpc) is 2.61. The van der Waals surface area contributed by atoms with Gasteiger partial charge in [-0.05, 0) is 67.8 Å². The van der Waals surface area contributed by atoms with Gasteiger partial charge < -0.3 is 5.32 Å². The van der Waals surface area contributed by atoms with Gasteiger partial charge in [0.15, 0.2) is 0 Å². The molecule has 2 aliphatic rings. The Morgan fingerprint density at radius 1 is 1.15 bits per heavy atom. The number of nitrogens with one attached hydrogen (secondary N) is 1. The lowest BCUT2D eigenvalue weighted by Crippen LogP contribution is -2.26. The number of benzene rings is 1. The maximum atomic E-state index is 3.55. The van der Waals surface area contributed by atoms with Crippen LogP contribution in [0.25, 0.3) is 0 Å². The van der Waals surface area contributed by atoms with Gasteiger partial charge in [0.1, 0.15) is 0 Å². The van der Waals surface area contributed by atoms with Gasteiger partial charge in [-0.3, -0.25) is 4.90 Å². The molecule has 0 bridgehead atoms. The van der Waals surface area contributed by atoms with Crippen molar-refractivity contribution in [1.82, 2.24) is 4.90 Å². The van der Waals surface area contributed by atoms with Crippen molar-refractivity contribution >= 4 is 5.69 Å². The minimum atomic E-state index is 0.534. The van der Waals surface area contributed by atoms with Crippen molar-refractivity contribution in [2.24, 2.45) is 5.41 Å². The van der Waals surface area contributed by atoms with Crippen molar-refractivity contribution in [3.63, 3.8) is 0 Å². The smallest absolute Gasteiger partial charge is 0.0375 e. The van der Waals surface area contributed by atoms with Gasteiger partial charge in [-0.2, -0.15) is 0 Å². The van der Waals surface area contributed by atoms with E-state index in [-0.39, 0.29) is 0 Å². The van der Waals surface area contributed by atoms with Crippen LogP contribution in [0.5, 0.6) is 0 Å². The molecule has 2 nitrogen and oxygen atoms in total. The lowest BCUT2D eigenvalue weighted by molar-refractivity contribution is 0.255. The van der Waals surface area contributed by atoms with E-state index < -0.39 is 0 Å². The van der Waals surface area contributed by atoms with Gasteiger partial charge in [-0.1, -0.05) is 26.0 Å². The molecular formula is C18H28N2. The first kappa shape index (κ1) is 13.9. The number of rotatable bonds is 2. The highest BCUT2D eigenvalue weighted by Gasteiger charge is 2.23. The van der Waals surface area contributed by atoms with E-state index >= 15 is 0 Å². The Morgan fingerprint density at radius 2 is 2.05 bits per heavy atom. The van der Waals surface area contributed by atoms with Crippen molar-refractivity contribution in [2.75, 3.05) is 25.0 Å². The van der Waals surface area contributed by atoms with Gasteiger partial charge in [0, 0.05) is 18.8 Å². The zero-order chi connectivity index (χ0) is 14.0. The Balaban J connectivity index is 1.72. The summed E-state index contributed by atoms with van der Waals surface area (Å²) in [5.74, 6) is 0. The van der Waals surface area contributed by atoms with Gasteiger partial charge in [0.25, 0.3) is 0 Å². The van der Waals surface area contributed by atoms with Crippen LogP contribution in [0.2, 0.25) is 0 Å². The Kier molecular flexibility index (Phi) is 4.02. The second-order valence-corrected chi connectivity index (χ2v) is 7.27. The van der Waals surface area contributed by atoms with Crippen LogP contribution in [-0.2, 0) is 13.0 Å². The van der Waals surface area contributed by atoms with Crippen molar-refractivity contribution in [2.45, 2.75) is 52.5 Å². The largest absolute Gasteiger partial charge is 0.385 e. The Hall–Kier alpha value is -1.02. The molecule has 2 heterocycles. The predicted molar refractivity (Wildman–Crippen MR) is 86.2 cm³/mol. The molecule has 0 amide bonds. The molecule has 1 saturated heterocycles. The van der Waals surface area contributed by atoms with Crippen LogP contribution in [-0.4, -0.2) is 24.5 Å². The summed E-state index contributed by atoms with van der Waals surface area (Å²) in [6.07, 6.45) is 6.58. The Labute approximate surface area is 123 Å². The van der Waals surface area contributed by atoms with Crippen molar-refractivity contribution in [1.29, 1.82) is 0 Å². The summed E-state index contributed by atoms with van der Waals surface area (Å²) in [4.78, 5) is 2.67. The number of fused-ring (bicyclic) bond motifs is 1. The first-order valence-corrected chi connectivity index (χ1v) is 8.21. The minimum Gasteiger partial charge on any atom is -0.385 e. The number of hydrogen-bond acceptors (Lipinski definition) is 2. The lowest BCUT2D eigenvalue weighted by Gasteiger charge is -2.26. The summed E-state index contributed by atoms with van der Waals surface area (Å²) in [6.45, 7) is 9.63. The molecule has 0 atom stereocenters. The van der Waals surface area contributed by atoms with E-state index in [1.54, 1.807) is 11.1 Å². The topological polar surface area (TPSA) is 15.3 Å². The molecule has 0 aromatic heterocycles. The molecule has 0 aliphatic carbocycles. The third-order valence-electron chi connectivity index (χ3n) is 5.02. The Bertz CT molecular complexity index is 464. The fourth-order valence-electron chi connectivity index (χ4n) is 3.61. The number of likely N-dealkylation sites (tertiary alicyclic amines) is 1. The molecule has 1 N–H and O–H groups in total. The molecule has 0 saturated carbocycles. The van der Waals surface area contributed by atoms with E-state index in [1.165, 1.54) is 50.9 Å². The van der Waals surface area contributed by atoms with Gasteiger partial charge in [0.05, 0.1) is 0 Å². The first-order chi connectivity index (χ1) is 9.64. The zero-order valence-corrected chi connectivity index (χ0v) is 13.0. The highest BCUT2D eigenvalue weighted by atomic mass is 15.1. The quantitative estimate of drug-likeness (QED) is 0.873. The Morgan fingerprint density at radius 3 is 2.95 bits per heavy atom. The third kappa shape index (κ3) is 3.17. The standard InChI is InChI=1S/C18H28N2/c1-18(2)9-5-12-20(13-10-18)14-15-6-3-8-17-16(15)7-4-11-19-17/h3,6,8,19H,4-5,7,9-14H2,1-2H3. The summed E-state index contributed by atoms with van der Waals surface area (Å²) in [5.41, 5.74) is 5.03. The molecule has 0 unspecified atom stereocenters. The molecule has 20 heavy (non-hydrogen) atoms. The molecule has 0 radical (unpaired) electrons. The van der Waals surface area contributed by atoms with E-state index in [0.717, 1.165) is 13.1 Å². The van der Waals surface area contributed by atoms with E-state index in [4.69, 9.17) is 0 Å². The van der Waals surface area contributed by atoms with Gasteiger partial charge in [-0.15, -0.1) is 0 Å². The van der Waals surface area contributed by atoms with Gasteiger partial charge in [-0.25, -0.2) is 0 Å². The van der Waals surface area contributed by atoms with Crippen LogP contribution in [0.15, 0.2) is 18.2 Å². The molecule has 110 valence electrons. The highest BCUT2D eigenvalue weighted by Crippen LogP contribution is 2.31. The fraction of sp³-hybridized carbons (Fsp3) is 0.667. The van der Waals surface area contributed by atoms with E-state index in [2.05, 4.69) is 42.3 Å². The summed E-state index contributed by atoms with van der Waals surface area (Å²) < 4.78 is 0. The summed E-state index contributed by atoms with van der Waals surface area (Å²) in [5, 5.41) is 3.55. The van der Waals surface area contributed by atoms with Crippen LogP contribution in [0, 0.1) is 5.41 Å². The van der Waals surface area contributed by atoms with Crippen LogP contribution in [0.3, 0.4) is 0 Å². The van der Waals surface area contributed by atoms with Crippen LogP contribution >= 0.6 is 0 Å². The van der Waals surface area contributed by atoms with Crippen molar-refractivity contribution < 1.29 is 0 Å². The number of anilines is 1. The van der Waals surface area contributed by atoms with E-state index in [0.29, 0.717) is 5.41 Å². The number of nitrogens with zero attached hydrogens (tertiary/aromatic N) is 1. The molecule has 3 rings (SSSR count). The van der Waals surface area contributed by atoms with Crippen molar-refractivity contribution in [3.8, 4) is 0 Å². The molecule has 2 heteroatoms. The summed E-state index contributed by atoms with van der Waals surface area (Å²) in [7, 11) is 0. The van der Waals surface area contributed by atoms with Gasteiger partial charge in [0.2, 0.25) is 0 Å². The molecular weight excluding hydrogens is 244 g/mol. The molecule has 1 aromatic carbocycles. The normalized spacial score (nSPS) is 22.7. The highest BCUT2D eigenvalue weighted by molar-refractivity contribution is 5.56. The lowest BCUT2D eigenvalue weighted by atomic mass is 9.85. The summed E-state index contributed by atoms with van der Waals surface area (Å²) in [6, 6.07) is 6.79. The van der Waals surface area contributed by atoms with Crippen LogP contribution in [0.1, 0.15) is 50.7 Å². The van der Waals surface area contributed by atoms with Crippen LogP contribution in [0.4, 0.5) is 5.69 Å². The average molecular weight is 272 g/mol. The van der Waals surface area contributed by atoms with E-state index in [9.17, 15) is 0 Å². The summed E-state index contributed by atoms with van der Waals surface area (Å²) >= 11 is 0. The SMILES string of the molecule is CC1(C)CCCN(Cc2cccc3c2CCCN3)CC1. The zero-order valence-electron chi connectivity index (χ0n) is 13.0.